The first-order valence-corrected chi connectivity index (χ1v) is 9.04. The molecule has 1 aliphatic carbocycles. The number of benzene rings is 2. The fourth-order valence-corrected chi connectivity index (χ4v) is 3.59. The van der Waals surface area contributed by atoms with Crippen molar-refractivity contribution in [2.45, 2.75) is 38.5 Å². The summed E-state index contributed by atoms with van der Waals surface area (Å²) in [6.45, 7) is 0.916. The first-order valence-electron chi connectivity index (χ1n) is 9.04. The summed E-state index contributed by atoms with van der Waals surface area (Å²) < 4.78 is 10.7. The van der Waals surface area contributed by atoms with Gasteiger partial charge < -0.3 is 14.8 Å². The van der Waals surface area contributed by atoms with E-state index < -0.39 is 0 Å². The Bertz CT molecular complexity index is 785. The highest BCUT2D eigenvalue weighted by atomic mass is 16.7. The van der Waals surface area contributed by atoms with Gasteiger partial charge in [-0.1, -0.05) is 24.3 Å². The standard InChI is InChI=1S/C21H23NO3/c23-21(13-16-5-7-17-3-1-2-4-18(17)11-16)22-10-9-15-6-8-19-20(12-15)25-14-24-19/h5-8,11-12H,1-4,9-10,13-14H2,(H,22,23). The molecule has 4 heteroatoms. The van der Waals surface area contributed by atoms with Crippen LogP contribution >= 0.6 is 0 Å². The van der Waals surface area contributed by atoms with Crippen molar-refractivity contribution in [3.05, 3.63) is 58.7 Å². The maximum atomic E-state index is 12.2. The zero-order valence-electron chi connectivity index (χ0n) is 14.3. The molecule has 0 spiro atoms. The first-order chi connectivity index (χ1) is 12.3. The number of ether oxygens (including phenoxy) is 2. The van der Waals surface area contributed by atoms with Gasteiger partial charge in [0.25, 0.3) is 0 Å². The third-order valence-electron chi connectivity index (χ3n) is 4.95. The monoisotopic (exact) mass is 337 g/mol. The number of aryl methyl sites for hydroxylation is 2. The van der Waals surface area contributed by atoms with Crippen LogP contribution in [0.2, 0.25) is 0 Å². The molecule has 25 heavy (non-hydrogen) atoms. The van der Waals surface area contributed by atoms with Crippen LogP contribution < -0.4 is 14.8 Å². The zero-order valence-corrected chi connectivity index (χ0v) is 14.3. The average molecular weight is 337 g/mol. The summed E-state index contributed by atoms with van der Waals surface area (Å²) in [6.07, 6.45) is 6.11. The summed E-state index contributed by atoms with van der Waals surface area (Å²) in [5.41, 5.74) is 5.13. The van der Waals surface area contributed by atoms with Gasteiger partial charge in [0.15, 0.2) is 11.5 Å². The van der Waals surface area contributed by atoms with Gasteiger partial charge in [-0.25, -0.2) is 0 Å². The second kappa shape index (κ2) is 7.18. The van der Waals surface area contributed by atoms with Crippen LogP contribution in [-0.4, -0.2) is 19.2 Å². The van der Waals surface area contributed by atoms with E-state index in [2.05, 4.69) is 23.5 Å². The normalized spacial score (nSPS) is 14.9. The lowest BCUT2D eigenvalue weighted by molar-refractivity contribution is -0.120. The van der Waals surface area contributed by atoms with Gasteiger partial charge in [0.1, 0.15) is 0 Å². The minimum Gasteiger partial charge on any atom is -0.454 e. The lowest BCUT2D eigenvalue weighted by Crippen LogP contribution is -2.27. The summed E-state index contributed by atoms with van der Waals surface area (Å²) >= 11 is 0. The third kappa shape index (κ3) is 3.78. The SMILES string of the molecule is O=C(Cc1ccc2c(c1)CCCC2)NCCc1ccc2c(c1)OCO2. The van der Waals surface area contributed by atoms with Crippen molar-refractivity contribution >= 4 is 5.91 Å². The van der Waals surface area contributed by atoms with Crippen LogP contribution in [0.4, 0.5) is 0 Å². The van der Waals surface area contributed by atoms with Crippen LogP contribution in [0, 0.1) is 0 Å². The summed E-state index contributed by atoms with van der Waals surface area (Å²) in [4.78, 5) is 12.2. The van der Waals surface area contributed by atoms with Crippen LogP contribution in [0.5, 0.6) is 11.5 Å². The largest absolute Gasteiger partial charge is 0.454 e. The second-order valence-corrected chi connectivity index (χ2v) is 6.77. The van der Waals surface area contributed by atoms with E-state index in [1.54, 1.807) is 0 Å². The van der Waals surface area contributed by atoms with Gasteiger partial charge in [0, 0.05) is 6.54 Å². The number of hydrogen-bond acceptors (Lipinski definition) is 3. The Labute approximate surface area is 148 Å². The Kier molecular flexibility index (Phi) is 4.59. The molecule has 1 amide bonds. The maximum Gasteiger partial charge on any atom is 0.231 e. The molecule has 0 radical (unpaired) electrons. The molecule has 1 N–H and O–H groups in total. The summed E-state index contributed by atoms with van der Waals surface area (Å²) in [6, 6.07) is 12.4. The van der Waals surface area contributed by atoms with Crippen LogP contribution in [0.15, 0.2) is 36.4 Å². The van der Waals surface area contributed by atoms with Crippen molar-refractivity contribution in [2.75, 3.05) is 13.3 Å². The molecule has 1 aliphatic heterocycles. The quantitative estimate of drug-likeness (QED) is 0.911. The van der Waals surface area contributed by atoms with E-state index in [1.165, 1.54) is 30.4 Å². The zero-order chi connectivity index (χ0) is 17.1. The molecule has 0 unspecified atom stereocenters. The molecule has 0 fully saturated rings. The van der Waals surface area contributed by atoms with Gasteiger partial charge in [-0.15, -0.1) is 0 Å². The maximum absolute atomic E-state index is 12.2. The number of amides is 1. The lowest BCUT2D eigenvalue weighted by Gasteiger charge is -2.16. The van der Waals surface area contributed by atoms with Gasteiger partial charge in [-0.2, -0.15) is 0 Å². The average Bonchev–Trinajstić information content (AvgIpc) is 3.09. The Hall–Kier alpha value is -2.49. The van der Waals surface area contributed by atoms with E-state index >= 15 is 0 Å². The van der Waals surface area contributed by atoms with Crippen molar-refractivity contribution in [3.8, 4) is 11.5 Å². The number of hydrogen-bond donors (Lipinski definition) is 1. The molecular formula is C21H23NO3. The van der Waals surface area contributed by atoms with Gasteiger partial charge in [-0.3, -0.25) is 4.79 Å². The molecule has 0 atom stereocenters. The number of carbonyl (C=O) groups excluding carboxylic acids is 1. The van der Waals surface area contributed by atoms with E-state index in [0.717, 1.165) is 35.5 Å². The first kappa shape index (κ1) is 16.0. The second-order valence-electron chi connectivity index (χ2n) is 6.77. The topological polar surface area (TPSA) is 47.6 Å². The highest BCUT2D eigenvalue weighted by molar-refractivity contribution is 5.78. The molecule has 0 aromatic heterocycles. The number of carbonyl (C=O) groups is 1. The Morgan fingerprint density at radius 3 is 2.64 bits per heavy atom. The van der Waals surface area contributed by atoms with E-state index in [0.29, 0.717) is 13.0 Å². The molecule has 0 bridgehead atoms. The Balaban J connectivity index is 1.28. The predicted molar refractivity (Wildman–Crippen MR) is 96.1 cm³/mol. The fourth-order valence-electron chi connectivity index (χ4n) is 3.59. The van der Waals surface area contributed by atoms with Crippen LogP contribution in [0.1, 0.15) is 35.1 Å². The number of rotatable bonds is 5. The third-order valence-corrected chi connectivity index (χ3v) is 4.95. The predicted octanol–water partition coefficient (Wildman–Crippen LogP) is 3.20. The molecule has 0 saturated heterocycles. The molecule has 2 aromatic carbocycles. The van der Waals surface area contributed by atoms with Crippen LogP contribution in [0.25, 0.3) is 0 Å². The van der Waals surface area contributed by atoms with Crippen molar-refractivity contribution in [1.82, 2.24) is 5.32 Å². The van der Waals surface area contributed by atoms with E-state index in [4.69, 9.17) is 9.47 Å². The van der Waals surface area contributed by atoms with Crippen molar-refractivity contribution in [2.24, 2.45) is 0 Å². The molecule has 1 heterocycles. The van der Waals surface area contributed by atoms with Gasteiger partial charge in [-0.05, 0) is 66.5 Å². The molecule has 0 saturated carbocycles. The summed E-state index contributed by atoms with van der Waals surface area (Å²) in [5.74, 6) is 1.66. The highest BCUT2D eigenvalue weighted by Gasteiger charge is 2.13. The van der Waals surface area contributed by atoms with E-state index in [-0.39, 0.29) is 12.7 Å². The van der Waals surface area contributed by atoms with Crippen molar-refractivity contribution < 1.29 is 14.3 Å². The fraction of sp³-hybridized carbons (Fsp3) is 0.381. The molecule has 2 aliphatic rings. The smallest absolute Gasteiger partial charge is 0.231 e. The number of fused-ring (bicyclic) bond motifs is 2. The number of nitrogens with one attached hydrogen (secondary N) is 1. The Morgan fingerprint density at radius 1 is 0.920 bits per heavy atom. The molecular weight excluding hydrogens is 314 g/mol. The summed E-state index contributed by atoms with van der Waals surface area (Å²) in [5, 5.41) is 3.02. The van der Waals surface area contributed by atoms with E-state index in [9.17, 15) is 4.79 Å². The highest BCUT2D eigenvalue weighted by Crippen LogP contribution is 2.32. The summed E-state index contributed by atoms with van der Waals surface area (Å²) in [7, 11) is 0. The minimum absolute atomic E-state index is 0.0801. The molecule has 4 rings (SSSR count). The van der Waals surface area contributed by atoms with Crippen LogP contribution in [0.3, 0.4) is 0 Å². The molecule has 4 nitrogen and oxygen atoms in total. The van der Waals surface area contributed by atoms with E-state index in [1.807, 2.05) is 18.2 Å². The van der Waals surface area contributed by atoms with Gasteiger partial charge in [0.05, 0.1) is 6.42 Å². The van der Waals surface area contributed by atoms with Crippen molar-refractivity contribution in [1.29, 1.82) is 0 Å². The van der Waals surface area contributed by atoms with Crippen LogP contribution in [-0.2, 0) is 30.5 Å². The lowest BCUT2D eigenvalue weighted by atomic mass is 9.90. The van der Waals surface area contributed by atoms with Gasteiger partial charge >= 0.3 is 0 Å². The molecule has 130 valence electrons. The molecule has 2 aromatic rings. The van der Waals surface area contributed by atoms with Crippen molar-refractivity contribution in [3.63, 3.8) is 0 Å². The Morgan fingerprint density at radius 2 is 1.72 bits per heavy atom. The van der Waals surface area contributed by atoms with Gasteiger partial charge in [0.2, 0.25) is 12.7 Å². The minimum atomic E-state index is 0.0801.